The van der Waals surface area contributed by atoms with E-state index < -0.39 is 11.7 Å². The van der Waals surface area contributed by atoms with E-state index in [4.69, 9.17) is 4.74 Å². The predicted octanol–water partition coefficient (Wildman–Crippen LogP) is 3.85. The van der Waals surface area contributed by atoms with E-state index in [-0.39, 0.29) is 18.2 Å². The summed E-state index contributed by atoms with van der Waals surface area (Å²) in [6.45, 7) is 7.15. The molecule has 0 aliphatic carbocycles. The predicted molar refractivity (Wildman–Crippen MR) is 108 cm³/mol. The molecule has 0 aliphatic heterocycles. The Morgan fingerprint density at radius 2 is 1.82 bits per heavy atom. The van der Waals surface area contributed by atoms with E-state index >= 15 is 0 Å². The van der Waals surface area contributed by atoms with Crippen molar-refractivity contribution < 1.29 is 19.1 Å². The van der Waals surface area contributed by atoms with Crippen molar-refractivity contribution >= 4 is 23.5 Å². The highest BCUT2D eigenvalue weighted by Gasteiger charge is 2.21. The molecule has 2 rings (SSSR count). The highest BCUT2D eigenvalue weighted by atomic mass is 16.6. The van der Waals surface area contributed by atoms with Gasteiger partial charge >= 0.3 is 6.09 Å². The lowest BCUT2D eigenvalue weighted by Crippen LogP contribution is -2.34. The van der Waals surface area contributed by atoms with Gasteiger partial charge in [-0.1, -0.05) is 18.2 Å². The lowest BCUT2D eigenvalue weighted by molar-refractivity contribution is 0.0285. The summed E-state index contributed by atoms with van der Waals surface area (Å²) in [7, 11) is 3.35. The van der Waals surface area contributed by atoms with E-state index in [1.165, 1.54) is 11.8 Å². The lowest BCUT2D eigenvalue weighted by atomic mass is 10.1. The van der Waals surface area contributed by atoms with Crippen LogP contribution in [0.2, 0.25) is 0 Å². The summed E-state index contributed by atoms with van der Waals surface area (Å²) >= 11 is 0. The molecule has 0 bridgehead atoms. The van der Waals surface area contributed by atoms with E-state index in [1.807, 2.05) is 32.9 Å². The fourth-order valence-electron chi connectivity index (χ4n) is 2.61. The largest absolute Gasteiger partial charge is 0.444 e. The van der Waals surface area contributed by atoms with Gasteiger partial charge in [-0.3, -0.25) is 9.59 Å². The lowest BCUT2D eigenvalue weighted by Gasteiger charge is -2.25. The summed E-state index contributed by atoms with van der Waals surface area (Å²) in [6.07, 6.45) is 1.18. The number of aryl methyl sites for hydroxylation is 1. The van der Waals surface area contributed by atoms with Gasteiger partial charge in [-0.15, -0.1) is 0 Å². The van der Waals surface area contributed by atoms with Crippen molar-refractivity contribution in [1.82, 2.24) is 9.47 Å². The summed E-state index contributed by atoms with van der Waals surface area (Å²) in [5, 5.41) is 2.86. The molecule has 7 heteroatoms. The van der Waals surface area contributed by atoms with Crippen molar-refractivity contribution in [2.24, 2.45) is 7.05 Å². The molecule has 7 nitrogen and oxygen atoms in total. The van der Waals surface area contributed by atoms with Crippen LogP contribution in [0.4, 0.5) is 10.5 Å². The Labute approximate surface area is 165 Å². The monoisotopic (exact) mass is 385 g/mol. The van der Waals surface area contributed by atoms with Crippen LogP contribution in [0.1, 0.15) is 54.1 Å². The van der Waals surface area contributed by atoms with Crippen LogP contribution in [0.3, 0.4) is 0 Å². The van der Waals surface area contributed by atoms with Gasteiger partial charge in [0.2, 0.25) is 0 Å². The van der Waals surface area contributed by atoms with Crippen LogP contribution in [-0.2, 0) is 18.3 Å². The number of ketones is 1. The Kier molecular flexibility index (Phi) is 6.28. The number of benzene rings is 1. The van der Waals surface area contributed by atoms with Crippen molar-refractivity contribution in [1.29, 1.82) is 0 Å². The molecule has 28 heavy (non-hydrogen) atoms. The number of amides is 2. The van der Waals surface area contributed by atoms with Crippen molar-refractivity contribution in [2.45, 2.75) is 39.8 Å². The number of para-hydroxylation sites is 1. The summed E-state index contributed by atoms with van der Waals surface area (Å²) in [4.78, 5) is 37.9. The number of hydrogen-bond donors (Lipinski definition) is 1. The first-order valence-electron chi connectivity index (χ1n) is 8.98. The molecule has 1 N–H and O–H groups in total. The zero-order chi connectivity index (χ0) is 21.1. The maximum Gasteiger partial charge on any atom is 0.410 e. The molecule has 0 radical (unpaired) electrons. The fraction of sp³-hybridized carbons (Fsp3) is 0.381. The molecule has 0 saturated heterocycles. The van der Waals surface area contributed by atoms with Crippen molar-refractivity contribution in [3.63, 3.8) is 0 Å². The van der Waals surface area contributed by atoms with Crippen LogP contribution >= 0.6 is 0 Å². The minimum absolute atomic E-state index is 0.103. The van der Waals surface area contributed by atoms with Crippen LogP contribution in [0.15, 0.2) is 36.5 Å². The third-order valence-electron chi connectivity index (χ3n) is 4.02. The van der Waals surface area contributed by atoms with Gasteiger partial charge in [0.15, 0.2) is 5.78 Å². The number of nitrogens with one attached hydrogen (secondary N) is 1. The summed E-state index contributed by atoms with van der Waals surface area (Å²) in [5.74, 6) is -0.434. The maximum atomic E-state index is 12.7. The molecule has 1 aromatic carbocycles. The first kappa shape index (κ1) is 21.2. The van der Waals surface area contributed by atoms with Gasteiger partial charge in [0.25, 0.3) is 5.91 Å². The number of hydrogen-bond acceptors (Lipinski definition) is 4. The van der Waals surface area contributed by atoms with Crippen molar-refractivity contribution in [2.75, 3.05) is 12.4 Å². The quantitative estimate of drug-likeness (QED) is 0.793. The molecule has 0 fully saturated rings. The van der Waals surface area contributed by atoms with Gasteiger partial charge in [0.05, 0.1) is 6.54 Å². The molecule has 0 unspecified atom stereocenters. The highest BCUT2D eigenvalue weighted by molar-refractivity contribution is 6.05. The second-order valence-corrected chi connectivity index (χ2v) is 7.73. The number of carbonyl (C=O) groups is 3. The van der Waals surface area contributed by atoms with Gasteiger partial charge in [-0.05, 0) is 45.4 Å². The van der Waals surface area contributed by atoms with Crippen LogP contribution < -0.4 is 5.32 Å². The second-order valence-electron chi connectivity index (χ2n) is 7.73. The van der Waals surface area contributed by atoms with E-state index in [1.54, 1.807) is 43.1 Å². The van der Waals surface area contributed by atoms with Crippen molar-refractivity contribution in [3.05, 3.63) is 53.3 Å². The van der Waals surface area contributed by atoms with Gasteiger partial charge in [-0.25, -0.2) is 4.79 Å². The topological polar surface area (TPSA) is 80.6 Å². The zero-order valence-corrected chi connectivity index (χ0v) is 17.2. The Morgan fingerprint density at radius 1 is 1.18 bits per heavy atom. The number of Topliss-reactive ketones (excluding diaryl/α,β-unsaturated/α-hetero) is 1. The highest BCUT2D eigenvalue weighted by Crippen LogP contribution is 2.20. The molecule has 2 amide bonds. The number of carbonyl (C=O) groups excluding carboxylic acids is 3. The van der Waals surface area contributed by atoms with E-state index in [9.17, 15) is 14.4 Å². The Balaban J connectivity index is 2.17. The normalized spacial score (nSPS) is 11.1. The van der Waals surface area contributed by atoms with Gasteiger partial charge < -0.3 is 19.5 Å². The van der Waals surface area contributed by atoms with E-state index in [2.05, 4.69) is 5.32 Å². The number of rotatable bonds is 5. The minimum Gasteiger partial charge on any atom is -0.444 e. The molecule has 0 saturated carbocycles. The standard InChI is InChI=1S/C21H27N3O4/c1-14(25)16-11-18(23(5)13-16)19(26)22-17-10-8-7-9-15(17)12-24(6)20(27)28-21(2,3)4/h7-11,13H,12H2,1-6H3,(H,22,26). The maximum absolute atomic E-state index is 12.7. The van der Waals surface area contributed by atoms with Crippen LogP contribution in [0.25, 0.3) is 0 Å². The van der Waals surface area contributed by atoms with Crippen LogP contribution in [0.5, 0.6) is 0 Å². The average Bonchev–Trinajstić information content (AvgIpc) is 2.97. The van der Waals surface area contributed by atoms with E-state index in [0.29, 0.717) is 16.9 Å². The first-order chi connectivity index (χ1) is 13.0. The minimum atomic E-state index is -0.583. The number of anilines is 1. The van der Waals surface area contributed by atoms with Crippen molar-refractivity contribution in [3.8, 4) is 0 Å². The molecule has 1 aromatic heterocycles. The number of ether oxygens (including phenoxy) is 1. The van der Waals surface area contributed by atoms with Gasteiger partial charge in [-0.2, -0.15) is 0 Å². The number of nitrogens with zero attached hydrogens (tertiary/aromatic N) is 2. The molecule has 0 aliphatic rings. The smallest absolute Gasteiger partial charge is 0.410 e. The third kappa shape index (κ3) is 5.45. The molecule has 150 valence electrons. The van der Waals surface area contributed by atoms with E-state index in [0.717, 1.165) is 5.56 Å². The summed E-state index contributed by atoms with van der Waals surface area (Å²) < 4.78 is 6.98. The fourth-order valence-corrected chi connectivity index (χ4v) is 2.61. The van der Waals surface area contributed by atoms with Gasteiger partial charge in [0, 0.05) is 31.5 Å². The molecule has 1 heterocycles. The average molecular weight is 385 g/mol. The molecule has 2 aromatic rings. The van der Waals surface area contributed by atoms with Gasteiger partial charge in [0.1, 0.15) is 11.3 Å². The summed E-state index contributed by atoms with van der Waals surface area (Å²) in [6, 6.07) is 8.81. The van der Waals surface area contributed by atoms with Crippen LogP contribution in [0, 0.1) is 0 Å². The molecular formula is C21H27N3O4. The Morgan fingerprint density at radius 3 is 2.39 bits per heavy atom. The first-order valence-corrected chi connectivity index (χ1v) is 8.98. The molecular weight excluding hydrogens is 358 g/mol. The summed E-state index contributed by atoms with van der Waals surface area (Å²) in [5.41, 5.74) is 1.63. The Bertz CT molecular complexity index is 893. The SMILES string of the molecule is CC(=O)c1cc(C(=O)Nc2ccccc2CN(C)C(=O)OC(C)(C)C)n(C)c1. The number of aromatic nitrogens is 1. The third-order valence-corrected chi connectivity index (χ3v) is 4.02. The Hall–Kier alpha value is -3.09. The molecule has 0 atom stereocenters. The van der Waals surface area contributed by atoms with Crippen LogP contribution in [-0.4, -0.2) is 39.9 Å². The molecule has 0 spiro atoms. The second kappa shape index (κ2) is 8.29. The zero-order valence-electron chi connectivity index (χ0n) is 17.2.